The van der Waals surface area contributed by atoms with Crippen LogP contribution >= 0.6 is 11.8 Å². The van der Waals surface area contributed by atoms with Crippen molar-refractivity contribution in [2.75, 3.05) is 6.26 Å². The van der Waals surface area contributed by atoms with Crippen molar-refractivity contribution in [3.05, 3.63) is 12.2 Å². The molecule has 0 unspecified atom stereocenters. The van der Waals surface area contributed by atoms with E-state index in [0.717, 1.165) is 5.57 Å². The fourth-order valence-electron chi connectivity index (χ4n) is 0.174. The molecule has 0 saturated heterocycles. The molecule has 0 spiro atoms. The molecule has 0 aliphatic carbocycles. The normalized spacial score (nSPS) is 8.29. The molecule has 40 valence electrons. The summed E-state index contributed by atoms with van der Waals surface area (Å²) in [7, 11) is 0. The molecule has 1 N–H and O–H groups in total. The molecule has 7 heavy (non-hydrogen) atoms. The summed E-state index contributed by atoms with van der Waals surface area (Å²) in [6, 6.07) is 0. The van der Waals surface area contributed by atoms with E-state index in [4.69, 9.17) is 5.41 Å². The molecule has 0 aromatic heterocycles. The first-order valence-corrected chi connectivity index (χ1v) is 3.19. The number of hydrogen-bond acceptors (Lipinski definition) is 2. The molecule has 1 nitrogen and oxygen atoms in total. The summed E-state index contributed by atoms with van der Waals surface area (Å²) >= 11 is 1.42. The Morgan fingerprint density at radius 2 is 2.14 bits per heavy atom. The van der Waals surface area contributed by atoms with Gasteiger partial charge < -0.3 is 0 Å². The predicted octanol–water partition coefficient (Wildman–Crippen LogP) is 1.90. The van der Waals surface area contributed by atoms with Gasteiger partial charge in [-0.15, -0.1) is 11.8 Å². The van der Waals surface area contributed by atoms with Gasteiger partial charge in [0.2, 0.25) is 0 Å². The van der Waals surface area contributed by atoms with Gasteiger partial charge in [0.15, 0.2) is 0 Å². The maximum absolute atomic E-state index is 7.06. The summed E-state index contributed by atoms with van der Waals surface area (Å²) in [5.74, 6) is 0. The van der Waals surface area contributed by atoms with Crippen molar-refractivity contribution in [2.24, 2.45) is 0 Å². The maximum Gasteiger partial charge on any atom is 0.0890 e. The van der Waals surface area contributed by atoms with Gasteiger partial charge in [-0.3, -0.25) is 5.41 Å². The van der Waals surface area contributed by atoms with Crippen LogP contribution in [0.25, 0.3) is 0 Å². The van der Waals surface area contributed by atoms with Crippen molar-refractivity contribution in [2.45, 2.75) is 6.92 Å². The molecule has 0 fully saturated rings. The second-order valence-electron chi connectivity index (χ2n) is 1.31. The lowest BCUT2D eigenvalue weighted by atomic mass is 10.4. The van der Waals surface area contributed by atoms with Crippen LogP contribution in [0.15, 0.2) is 12.2 Å². The van der Waals surface area contributed by atoms with E-state index in [1.807, 2.05) is 13.2 Å². The summed E-state index contributed by atoms with van der Waals surface area (Å²) in [4.78, 5) is 0. The zero-order valence-corrected chi connectivity index (χ0v) is 5.43. The Balaban J connectivity index is 3.58. The summed E-state index contributed by atoms with van der Waals surface area (Å²) in [6.07, 6.45) is 1.87. The van der Waals surface area contributed by atoms with Crippen molar-refractivity contribution in [1.82, 2.24) is 0 Å². The van der Waals surface area contributed by atoms with Gasteiger partial charge >= 0.3 is 0 Å². The van der Waals surface area contributed by atoms with E-state index in [2.05, 4.69) is 6.58 Å². The van der Waals surface area contributed by atoms with Crippen molar-refractivity contribution in [1.29, 1.82) is 5.41 Å². The third kappa shape index (κ3) is 2.45. The Labute approximate surface area is 48.3 Å². The number of thioether (sulfide) groups is 1. The van der Waals surface area contributed by atoms with Crippen LogP contribution in [-0.2, 0) is 0 Å². The summed E-state index contributed by atoms with van der Waals surface area (Å²) in [5, 5.41) is 7.62. The minimum absolute atomic E-state index is 0.569. The molecular formula is C5H9NS. The molecule has 0 aromatic carbocycles. The van der Waals surface area contributed by atoms with Crippen LogP contribution in [0.4, 0.5) is 0 Å². The lowest BCUT2D eigenvalue weighted by molar-refractivity contribution is 1.51. The number of nitrogens with one attached hydrogen (secondary N) is 1. The van der Waals surface area contributed by atoms with Crippen LogP contribution in [0.3, 0.4) is 0 Å². The standard InChI is InChI=1S/C5H9NS/c1-4(2)5(6)7-3/h6H,1H2,2-3H3. The first-order chi connectivity index (χ1) is 3.18. The van der Waals surface area contributed by atoms with Gasteiger partial charge in [0.1, 0.15) is 0 Å². The lowest BCUT2D eigenvalue weighted by Gasteiger charge is -1.92. The molecule has 0 aromatic rings. The van der Waals surface area contributed by atoms with Gasteiger partial charge in [-0.1, -0.05) is 6.58 Å². The molecular weight excluding hydrogens is 106 g/mol. The largest absolute Gasteiger partial charge is 0.294 e. The fraction of sp³-hybridized carbons (Fsp3) is 0.400. The molecule has 0 aliphatic heterocycles. The molecule has 0 radical (unpaired) electrons. The molecule has 0 amide bonds. The third-order valence-electron chi connectivity index (χ3n) is 0.592. The van der Waals surface area contributed by atoms with Crippen LogP contribution in [0.1, 0.15) is 6.92 Å². The van der Waals surface area contributed by atoms with Gasteiger partial charge in [0.25, 0.3) is 0 Å². The van der Waals surface area contributed by atoms with E-state index in [9.17, 15) is 0 Å². The van der Waals surface area contributed by atoms with Gasteiger partial charge in [-0.25, -0.2) is 0 Å². The molecule has 0 aliphatic rings. The zero-order valence-electron chi connectivity index (χ0n) is 4.62. The van der Waals surface area contributed by atoms with E-state index < -0.39 is 0 Å². The average molecular weight is 115 g/mol. The van der Waals surface area contributed by atoms with E-state index in [1.54, 1.807) is 0 Å². The van der Waals surface area contributed by atoms with Gasteiger partial charge in [-0.05, 0) is 18.8 Å². The highest BCUT2D eigenvalue weighted by molar-refractivity contribution is 8.13. The van der Waals surface area contributed by atoms with Crippen LogP contribution in [0, 0.1) is 5.41 Å². The minimum atomic E-state index is 0.569. The van der Waals surface area contributed by atoms with Crippen molar-refractivity contribution < 1.29 is 0 Å². The third-order valence-corrected chi connectivity index (χ3v) is 1.35. The predicted molar refractivity (Wildman–Crippen MR) is 36.1 cm³/mol. The lowest BCUT2D eigenvalue weighted by Crippen LogP contribution is -1.85. The Morgan fingerprint density at radius 1 is 1.71 bits per heavy atom. The Bertz CT molecular complexity index is 96.3. The average Bonchev–Trinajstić information content (AvgIpc) is 1.65. The van der Waals surface area contributed by atoms with E-state index in [1.165, 1.54) is 11.8 Å². The van der Waals surface area contributed by atoms with Crippen LogP contribution in [-0.4, -0.2) is 11.3 Å². The summed E-state index contributed by atoms with van der Waals surface area (Å²) in [6.45, 7) is 5.41. The Hall–Kier alpha value is -0.240. The van der Waals surface area contributed by atoms with Crippen LogP contribution in [0.5, 0.6) is 0 Å². The van der Waals surface area contributed by atoms with E-state index in [0.29, 0.717) is 5.04 Å². The quantitative estimate of drug-likeness (QED) is 0.409. The topological polar surface area (TPSA) is 23.9 Å². The van der Waals surface area contributed by atoms with Crippen molar-refractivity contribution >= 4 is 16.8 Å². The first kappa shape index (κ1) is 6.76. The first-order valence-electron chi connectivity index (χ1n) is 1.97. The van der Waals surface area contributed by atoms with Gasteiger partial charge in [0.05, 0.1) is 5.04 Å². The van der Waals surface area contributed by atoms with Gasteiger partial charge in [0, 0.05) is 0 Å². The highest BCUT2D eigenvalue weighted by Crippen LogP contribution is 2.02. The SMILES string of the molecule is C=C(C)C(=N)SC. The molecule has 2 heteroatoms. The molecule has 0 saturated carbocycles. The monoisotopic (exact) mass is 115 g/mol. The summed E-state index contributed by atoms with van der Waals surface area (Å²) in [5.41, 5.74) is 0.840. The van der Waals surface area contributed by atoms with Crippen LogP contribution < -0.4 is 0 Å². The zero-order chi connectivity index (χ0) is 5.86. The summed E-state index contributed by atoms with van der Waals surface area (Å²) < 4.78 is 0. The fourth-order valence-corrected chi connectivity index (χ4v) is 0.523. The second-order valence-corrected chi connectivity index (χ2v) is 2.13. The molecule has 0 bridgehead atoms. The Kier molecular flexibility index (Phi) is 2.76. The number of hydrogen-bond donors (Lipinski definition) is 1. The van der Waals surface area contributed by atoms with Crippen molar-refractivity contribution in [3.63, 3.8) is 0 Å². The second kappa shape index (κ2) is 2.86. The minimum Gasteiger partial charge on any atom is -0.294 e. The molecule has 0 heterocycles. The van der Waals surface area contributed by atoms with E-state index in [-0.39, 0.29) is 0 Å². The smallest absolute Gasteiger partial charge is 0.0890 e. The Morgan fingerprint density at radius 3 is 2.14 bits per heavy atom. The molecule has 0 rings (SSSR count). The van der Waals surface area contributed by atoms with E-state index >= 15 is 0 Å². The highest BCUT2D eigenvalue weighted by atomic mass is 32.2. The van der Waals surface area contributed by atoms with Gasteiger partial charge in [-0.2, -0.15) is 0 Å². The highest BCUT2D eigenvalue weighted by Gasteiger charge is 1.89. The number of rotatable bonds is 1. The maximum atomic E-state index is 7.06. The van der Waals surface area contributed by atoms with Crippen molar-refractivity contribution in [3.8, 4) is 0 Å². The molecule has 0 atom stereocenters. The van der Waals surface area contributed by atoms with Crippen LogP contribution in [0.2, 0.25) is 0 Å².